The molecule has 8 nitrogen and oxygen atoms in total. The number of aliphatic hydroxyl groups excluding tert-OH is 2. The Balaban J connectivity index is 2.02. The van der Waals surface area contributed by atoms with Gasteiger partial charge in [0.25, 0.3) is 5.91 Å². The summed E-state index contributed by atoms with van der Waals surface area (Å²) in [5, 5.41) is 23.8. The molecule has 1 aliphatic rings. The maximum Gasteiger partial charge on any atom is 0.290 e. The minimum absolute atomic E-state index is 0.0264. The summed E-state index contributed by atoms with van der Waals surface area (Å²) in [6.07, 6.45) is -0.803. The molecule has 0 saturated carbocycles. The number of para-hydroxylation sites is 1. The van der Waals surface area contributed by atoms with E-state index in [1.54, 1.807) is 37.3 Å². The predicted molar refractivity (Wildman–Crippen MR) is 148 cm³/mol. The van der Waals surface area contributed by atoms with Gasteiger partial charge in [-0.1, -0.05) is 48.3 Å². The minimum atomic E-state index is -1.26. The molecule has 0 aromatic heterocycles. The van der Waals surface area contributed by atoms with Crippen molar-refractivity contribution in [2.45, 2.75) is 44.6 Å². The van der Waals surface area contributed by atoms with Crippen molar-refractivity contribution >= 4 is 63.4 Å². The Kier molecular flexibility index (Phi) is 10.8. The van der Waals surface area contributed by atoms with E-state index in [0.717, 1.165) is 3.57 Å². The maximum atomic E-state index is 13.3. The number of ketones is 1. The molecule has 0 spiro atoms. The molecule has 0 bridgehead atoms. The van der Waals surface area contributed by atoms with E-state index < -0.39 is 35.8 Å². The molecule has 0 aliphatic heterocycles. The highest BCUT2D eigenvalue weighted by Gasteiger charge is 2.41. The zero-order chi connectivity index (χ0) is 27.1. The van der Waals surface area contributed by atoms with Gasteiger partial charge in [0, 0.05) is 31.5 Å². The van der Waals surface area contributed by atoms with Crippen molar-refractivity contribution in [1.82, 2.24) is 10.2 Å². The Hall–Kier alpha value is -2.18. The monoisotopic (exact) mass is 660 g/mol. The van der Waals surface area contributed by atoms with Crippen molar-refractivity contribution in [2.24, 2.45) is 0 Å². The van der Waals surface area contributed by atoms with Gasteiger partial charge in [-0.2, -0.15) is 0 Å². The summed E-state index contributed by atoms with van der Waals surface area (Å²) < 4.78 is 6.88. The Bertz CT molecular complexity index is 1190. The van der Waals surface area contributed by atoms with Crippen LogP contribution in [0.15, 0.2) is 54.1 Å². The van der Waals surface area contributed by atoms with Crippen molar-refractivity contribution < 1.29 is 29.3 Å². The van der Waals surface area contributed by atoms with E-state index >= 15 is 0 Å². The number of hydrogen-bond donors (Lipinski definition) is 3. The van der Waals surface area contributed by atoms with Gasteiger partial charge in [0.15, 0.2) is 0 Å². The SMILES string of the molecule is CCC(=O)C(=O)N(Cc1ccc(Cl)c(Cl)c1)[C@@H]1CC(C(=O)NCCO)=C[C@H](Oc2ccccc2I)[C@H]1O. The number of carbonyl (C=O) groups excluding carboxylic acids is 3. The van der Waals surface area contributed by atoms with Gasteiger partial charge in [-0.05, 0) is 58.5 Å². The molecule has 37 heavy (non-hydrogen) atoms. The average Bonchev–Trinajstić information content (AvgIpc) is 2.89. The van der Waals surface area contributed by atoms with E-state index in [1.807, 2.05) is 12.1 Å². The van der Waals surface area contributed by atoms with Crippen molar-refractivity contribution in [3.63, 3.8) is 0 Å². The molecular formula is C26H27Cl2IN2O6. The first-order valence-corrected chi connectivity index (χ1v) is 13.5. The third kappa shape index (κ3) is 7.44. The summed E-state index contributed by atoms with van der Waals surface area (Å²) in [7, 11) is 0. The fourth-order valence-corrected chi connectivity index (χ4v) is 4.79. The second-order valence-corrected chi connectivity index (χ2v) is 10.4. The maximum absolute atomic E-state index is 13.3. The second-order valence-electron chi connectivity index (χ2n) is 8.40. The summed E-state index contributed by atoms with van der Waals surface area (Å²) in [6.45, 7) is 1.31. The van der Waals surface area contributed by atoms with E-state index in [-0.39, 0.29) is 43.1 Å². The number of amides is 2. The highest BCUT2D eigenvalue weighted by Crippen LogP contribution is 2.31. The second kappa shape index (κ2) is 13.6. The third-order valence-corrected chi connectivity index (χ3v) is 7.50. The molecule has 0 unspecified atom stereocenters. The first kappa shape index (κ1) is 29.4. The molecule has 2 aromatic rings. The molecule has 3 N–H and O–H groups in total. The molecule has 0 saturated heterocycles. The van der Waals surface area contributed by atoms with Crippen molar-refractivity contribution in [1.29, 1.82) is 0 Å². The molecule has 198 valence electrons. The molecule has 2 amide bonds. The van der Waals surface area contributed by atoms with Crippen LogP contribution in [-0.4, -0.2) is 64.1 Å². The van der Waals surface area contributed by atoms with Crippen molar-refractivity contribution in [3.8, 4) is 5.75 Å². The lowest BCUT2D eigenvalue weighted by molar-refractivity contribution is -0.149. The molecule has 1 aliphatic carbocycles. The molecular weight excluding hydrogens is 634 g/mol. The number of hydrogen-bond acceptors (Lipinski definition) is 6. The molecule has 11 heteroatoms. The zero-order valence-corrected chi connectivity index (χ0v) is 23.7. The van der Waals surface area contributed by atoms with E-state index in [2.05, 4.69) is 27.9 Å². The predicted octanol–water partition coefficient (Wildman–Crippen LogP) is 3.52. The highest BCUT2D eigenvalue weighted by atomic mass is 127. The summed E-state index contributed by atoms with van der Waals surface area (Å²) in [4.78, 5) is 39.9. The van der Waals surface area contributed by atoms with E-state index in [4.69, 9.17) is 33.0 Å². The van der Waals surface area contributed by atoms with Crippen LogP contribution in [0.25, 0.3) is 0 Å². The van der Waals surface area contributed by atoms with Crippen molar-refractivity contribution in [2.75, 3.05) is 13.2 Å². The summed E-state index contributed by atoms with van der Waals surface area (Å²) in [6, 6.07) is 11.1. The van der Waals surface area contributed by atoms with Crippen LogP contribution in [0.2, 0.25) is 10.0 Å². The number of Topliss-reactive ketones (excluding diaryl/α,β-unsaturated/α-hetero) is 1. The number of carbonyl (C=O) groups is 3. The van der Waals surface area contributed by atoms with Gasteiger partial charge in [-0.3, -0.25) is 14.4 Å². The van der Waals surface area contributed by atoms with Crippen LogP contribution in [0.5, 0.6) is 5.75 Å². The lowest BCUT2D eigenvalue weighted by Gasteiger charge is -2.40. The number of nitrogens with zero attached hydrogens (tertiary/aromatic N) is 1. The molecule has 3 rings (SSSR count). The Morgan fingerprint density at radius 2 is 1.89 bits per heavy atom. The van der Waals surface area contributed by atoms with Crippen LogP contribution in [0.1, 0.15) is 25.3 Å². The van der Waals surface area contributed by atoms with Gasteiger partial charge in [-0.15, -0.1) is 0 Å². The van der Waals surface area contributed by atoms with Crippen LogP contribution < -0.4 is 10.1 Å². The fourth-order valence-electron chi connectivity index (χ4n) is 3.95. The average molecular weight is 661 g/mol. The van der Waals surface area contributed by atoms with E-state index in [1.165, 1.54) is 11.0 Å². The summed E-state index contributed by atoms with van der Waals surface area (Å²) in [5.74, 6) is -1.40. The first-order chi connectivity index (χ1) is 17.7. The van der Waals surface area contributed by atoms with Gasteiger partial charge in [0.1, 0.15) is 18.0 Å². The van der Waals surface area contributed by atoms with Crippen molar-refractivity contribution in [3.05, 3.63) is 73.3 Å². The van der Waals surface area contributed by atoms with Gasteiger partial charge >= 0.3 is 0 Å². The minimum Gasteiger partial charge on any atom is -0.482 e. The number of benzene rings is 2. The summed E-state index contributed by atoms with van der Waals surface area (Å²) >= 11 is 14.3. The van der Waals surface area contributed by atoms with Crippen LogP contribution >= 0.6 is 45.8 Å². The van der Waals surface area contributed by atoms with E-state index in [9.17, 15) is 19.5 Å². The Labute approximate surface area is 238 Å². The number of nitrogens with one attached hydrogen (secondary N) is 1. The van der Waals surface area contributed by atoms with Crippen LogP contribution in [0.3, 0.4) is 0 Å². The van der Waals surface area contributed by atoms with Gasteiger partial charge < -0.3 is 25.2 Å². The molecule has 2 aromatic carbocycles. The lowest BCUT2D eigenvalue weighted by Crippen LogP contribution is -2.56. The standard InChI is InChI=1S/C26H27Cl2IN2O6/c1-2-21(33)26(36)31(14-15-7-8-17(27)18(28)11-15)20-12-16(25(35)30-9-10-32)13-23(24(20)34)37-22-6-4-3-5-19(22)29/h3-8,11,13,20,23-24,32,34H,2,9-10,12,14H2,1H3,(H,30,35)/t20-,23+,24+/m1/s1. The molecule has 0 fully saturated rings. The molecule has 3 atom stereocenters. The Morgan fingerprint density at radius 1 is 1.16 bits per heavy atom. The number of rotatable bonds is 10. The lowest BCUT2D eigenvalue weighted by atomic mass is 9.87. The smallest absolute Gasteiger partial charge is 0.290 e. The van der Waals surface area contributed by atoms with Crippen LogP contribution in [0.4, 0.5) is 0 Å². The number of halogens is 3. The number of aliphatic hydroxyl groups is 2. The molecule has 0 radical (unpaired) electrons. The topological polar surface area (TPSA) is 116 Å². The van der Waals surface area contributed by atoms with Gasteiger partial charge in [0.2, 0.25) is 11.7 Å². The zero-order valence-electron chi connectivity index (χ0n) is 20.0. The largest absolute Gasteiger partial charge is 0.482 e. The van der Waals surface area contributed by atoms with Gasteiger partial charge in [-0.25, -0.2) is 0 Å². The van der Waals surface area contributed by atoms with Crippen LogP contribution in [-0.2, 0) is 20.9 Å². The van der Waals surface area contributed by atoms with Crippen LogP contribution in [0, 0.1) is 3.57 Å². The van der Waals surface area contributed by atoms with Gasteiger partial charge in [0.05, 0.1) is 26.3 Å². The normalized spacial score (nSPS) is 19.1. The number of ether oxygens (including phenoxy) is 1. The Morgan fingerprint density at radius 3 is 2.54 bits per heavy atom. The quantitative estimate of drug-likeness (QED) is 0.265. The third-order valence-electron chi connectivity index (χ3n) is 5.87. The highest BCUT2D eigenvalue weighted by molar-refractivity contribution is 14.1. The first-order valence-electron chi connectivity index (χ1n) is 11.6. The molecule has 0 heterocycles. The summed E-state index contributed by atoms with van der Waals surface area (Å²) in [5.41, 5.74) is 0.852. The fraction of sp³-hybridized carbons (Fsp3) is 0.346. The van der Waals surface area contributed by atoms with E-state index in [0.29, 0.717) is 16.3 Å².